The van der Waals surface area contributed by atoms with Gasteiger partial charge in [-0.3, -0.25) is 28.9 Å². The fourth-order valence-corrected chi connectivity index (χ4v) is 4.85. The Kier molecular flexibility index (Phi) is 5.81. The Hall–Kier alpha value is -4.05. The Morgan fingerprint density at radius 1 is 1.12 bits per heavy atom. The summed E-state index contributed by atoms with van der Waals surface area (Å²) in [5, 5.41) is 4.79. The highest BCUT2D eigenvalue weighted by Crippen LogP contribution is 2.32. The summed E-state index contributed by atoms with van der Waals surface area (Å²) in [5.41, 5.74) is 1.68. The van der Waals surface area contributed by atoms with Crippen molar-refractivity contribution in [1.82, 2.24) is 14.8 Å². The Balaban J connectivity index is 1.45. The zero-order valence-electron chi connectivity index (χ0n) is 18.4. The molecule has 0 aliphatic carbocycles. The van der Waals surface area contributed by atoms with Crippen molar-refractivity contribution in [3.05, 3.63) is 66.5 Å². The van der Waals surface area contributed by atoms with Crippen LogP contribution < -0.4 is 14.5 Å². The molecule has 0 saturated carbocycles. The molecule has 172 valence electrons. The first-order valence-corrected chi connectivity index (χ1v) is 11.5. The van der Waals surface area contributed by atoms with Gasteiger partial charge in [0.15, 0.2) is 5.13 Å². The van der Waals surface area contributed by atoms with Crippen LogP contribution in [0.4, 0.5) is 10.8 Å². The van der Waals surface area contributed by atoms with Crippen LogP contribution in [-0.2, 0) is 16.1 Å². The molecule has 0 N–H and O–H groups in total. The summed E-state index contributed by atoms with van der Waals surface area (Å²) >= 11 is 1.41. The number of aromatic nitrogens is 3. The number of imide groups is 1. The molecule has 0 atom stereocenters. The zero-order chi connectivity index (χ0) is 23.7. The topological polar surface area (TPSA) is 97.6 Å². The third-order valence-corrected chi connectivity index (χ3v) is 6.64. The number of methoxy groups -OCH3 is 1. The van der Waals surface area contributed by atoms with Crippen molar-refractivity contribution in [2.45, 2.75) is 19.4 Å². The summed E-state index contributed by atoms with van der Waals surface area (Å²) in [6.07, 6.45) is 3.95. The van der Waals surface area contributed by atoms with Gasteiger partial charge in [-0.25, -0.2) is 4.98 Å². The van der Waals surface area contributed by atoms with E-state index in [1.165, 1.54) is 16.2 Å². The smallest absolute Gasteiger partial charge is 0.260 e. The lowest BCUT2D eigenvalue weighted by Crippen LogP contribution is -2.34. The molecule has 0 radical (unpaired) electrons. The van der Waals surface area contributed by atoms with Crippen LogP contribution in [0, 0.1) is 0 Å². The average Bonchev–Trinajstić information content (AvgIpc) is 3.59. The molecule has 9 nitrogen and oxygen atoms in total. The molecule has 10 heteroatoms. The van der Waals surface area contributed by atoms with Crippen LogP contribution in [0.5, 0.6) is 5.75 Å². The number of hydrogen-bond donors (Lipinski definition) is 0. The molecule has 2 aromatic carbocycles. The van der Waals surface area contributed by atoms with Crippen LogP contribution in [0.1, 0.15) is 23.2 Å². The van der Waals surface area contributed by atoms with Gasteiger partial charge < -0.3 is 4.74 Å². The van der Waals surface area contributed by atoms with Gasteiger partial charge in [-0.2, -0.15) is 5.10 Å². The van der Waals surface area contributed by atoms with Crippen molar-refractivity contribution in [1.29, 1.82) is 0 Å². The minimum Gasteiger partial charge on any atom is -0.497 e. The lowest BCUT2D eigenvalue weighted by atomic mass is 10.1. The van der Waals surface area contributed by atoms with Gasteiger partial charge in [0.2, 0.25) is 11.8 Å². The molecule has 1 aliphatic rings. The second kappa shape index (κ2) is 9.06. The minimum absolute atomic E-state index is 0.211. The standard InChI is InChI=1S/C24H21N5O4S/c1-33-18-7-8-19-20(15-18)34-24(26-19)28(14-13-27-12-2-11-25-27)23(32)16-3-5-17(6-4-16)29-21(30)9-10-22(29)31/h2-8,11-12,15H,9-10,13-14H2,1H3. The summed E-state index contributed by atoms with van der Waals surface area (Å²) in [6.45, 7) is 0.856. The van der Waals surface area contributed by atoms with E-state index in [9.17, 15) is 14.4 Å². The fourth-order valence-electron chi connectivity index (χ4n) is 3.83. The highest BCUT2D eigenvalue weighted by atomic mass is 32.1. The minimum atomic E-state index is -0.233. The highest BCUT2D eigenvalue weighted by Gasteiger charge is 2.30. The quantitative estimate of drug-likeness (QED) is 0.380. The number of carbonyl (C=O) groups excluding carboxylic acids is 3. The number of fused-ring (bicyclic) bond motifs is 1. The predicted octanol–water partition coefficient (Wildman–Crippen LogP) is 3.50. The van der Waals surface area contributed by atoms with E-state index in [4.69, 9.17) is 4.74 Å². The molecule has 0 unspecified atom stereocenters. The van der Waals surface area contributed by atoms with Crippen molar-refractivity contribution >= 4 is 50.1 Å². The maximum Gasteiger partial charge on any atom is 0.260 e. The van der Waals surface area contributed by atoms with Crippen molar-refractivity contribution in [2.75, 3.05) is 23.5 Å². The second-order valence-electron chi connectivity index (χ2n) is 7.73. The van der Waals surface area contributed by atoms with E-state index >= 15 is 0 Å². The third kappa shape index (κ3) is 4.15. The first kappa shape index (κ1) is 21.8. The van der Waals surface area contributed by atoms with Gasteiger partial charge >= 0.3 is 0 Å². The number of rotatable bonds is 7. The molecule has 5 rings (SSSR count). The number of hydrogen-bond acceptors (Lipinski definition) is 7. The first-order valence-electron chi connectivity index (χ1n) is 10.7. The fraction of sp³-hybridized carbons (Fsp3) is 0.208. The lowest BCUT2D eigenvalue weighted by Gasteiger charge is -2.20. The van der Waals surface area contributed by atoms with Crippen LogP contribution in [0.15, 0.2) is 60.9 Å². The van der Waals surface area contributed by atoms with Crippen LogP contribution in [0.3, 0.4) is 0 Å². The van der Waals surface area contributed by atoms with E-state index in [2.05, 4.69) is 10.1 Å². The number of benzene rings is 2. The summed E-state index contributed by atoms with van der Waals surface area (Å²) in [4.78, 5) is 45.1. The number of nitrogens with zero attached hydrogens (tertiary/aromatic N) is 5. The van der Waals surface area contributed by atoms with Gasteiger partial charge in [-0.1, -0.05) is 11.3 Å². The van der Waals surface area contributed by atoms with Gasteiger partial charge in [0.05, 0.1) is 29.6 Å². The Morgan fingerprint density at radius 3 is 2.56 bits per heavy atom. The summed E-state index contributed by atoms with van der Waals surface area (Å²) in [6, 6.07) is 13.9. The summed E-state index contributed by atoms with van der Waals surface area (Å²) in [5.74, 6) is 0.0344. The summed E-state index contributed by atoms with van der Waals surface area (Å²) in [7, 11) is 1.61. The maximum absolute atomic E-state index is 13.6. The largest absolute Gasteiger partial charge is 0.497 e. The van der Waals surface area contributed by atoms with Crippen LogP contribution in [-0.4, -0.2) is 46.1 Å². The van der Waals surface area contributed by atoms with Gasteiger partial charge in [0.1, 0.15) is 5.75 Å². The van der Waals surface area contributed by atoms with Crippen LogP contribution in [0.25, 0.3) is 10.2 Å². The number of amides is 3. The first-order chi connectivity index (χ1) is 16.5. The maximum atomic E-state index is 13.6. The van der Waals surface area contributed by atoms with E-state index < -0.39 is 0 Å². The van der Waals surface area contributed by atoms with E-state index in [1.807, 2.05) is 30.5 Å². The third-order valence-electron chi connectivity index (χ3n) is 5.60. The molecule has 0 bridgehead atoms. The number of carbonyl (C=O) groups is 3. The van der Waals surface area contributed by atoms with Gasteiger partial charge in [-0.05, 0) is 48.5 Å². The molecule has 0 spiro atoms. The molecule has 1 fully saturated rings. The van der Waals surface area contributed by atoms with E-state index in [0.717, 1.165) is 16.0 Å². The van der Waals surface area contributed by atoms with Crippen LogP contribution in [0.2, 0.25) is 0 Å². The molecule has 3 amide bonds. The molecular formula is C24H21N5O4S. The predicted molar refractivity (Wildman–Crippen MR) is 128 cm³/mol. The number of ether oxygens (including phenoxy) is 1. The van der Waals surface area contributed by atoms with Crippen LogP contribution >= 0.6 is 11.3 Å². The number of anilines is 2. The molecule has 4 aromatic rings. The van der Waals surface area contributed by atoms with Gasteiger partial charge in [0, 0.05) is 37.3 Å². The van der Waals surface area contributed by atoms with Crippen molar-refractivity contribution in [2.24, 2.45) is 0 Å². The van der Waals surface area contributed by atoms with Gasteiger partial charge in [-0.15, -0.1) is 0 Å². The molecule has 2 aromatic heterocycles. The Bertz CT molecular complexity index is 1350. The average molecular weight is 476 g/mol. The van der Waals surface area contributed by atoms with Crippen molar-refractivity contribution < 1.29 is 19.1 Å². The SMILES string of the molecule is COc1ccc2nc(N(CCn3cccn3)C(=O)c3ccc(N4C(=O)CCC4=O)cc3)sc2c1. The van der Waals surface area contributed by atoms with E-state index in [-0.39, 0.29) is 30.6 Å². The Morgan fingerprint density at radius 2 is 1.88 bits per heavy atom. The zero-order valence-corrected chi connectivity index (χ0v) is 19.2. The van der Waals surface area contributed by atoms with Crippen molar-refractivity contribution in [3.8, 4) is 5.75 Å². The summed E-state index contributed by atoms with van der Waals surface area (Å²) < 4.78 is 7.97. The Labute approximate surface area is 199 Å². The molecule has 3 heterocycles. The van der Waals surface area contributed by atoms with Crippen molar-refractivity contribution in [3.63, 3.8) is 0 Å². The monoisotopic (exact) mass is 475 g/mol. The second-order valence-corrected chi connectivity index (χ2v) is 8.73. The number of thiazole rings is 1. The normalized spacial score (nSPS) is 13.6. The van der Waals surface area contributed by atoms with E-state index in [0.29, 0.717) is 29.5 Å². The molecular weight excluding hydrogens is 454 g/mol. The molecule has 1 saturated heterocycles. The molecule has 34 heavy (non-hydrogen) atoms. The lowest BCUT2D eigenvalue weighted by molar-refractivity contribution is -0.121. The molecule has 1 aliphatic heterocycles. The van der Waals surface area contributed by atoms with E-state index in [1.54, 1.807) is 47.2 Å². The highest BCUT2D eigenvalue weighted by molar-refractivity contribution is 7.22. The van der Waals surface area contributed by atoms with Gasteiger partial charge in [0.25, 0.3) is 5.91 Å².